The summed E-state index contributed by atoms with van der Waals surface area (Å²) < 4.78 is 44.5. The number of halogens is 2. The normalized spacial score (nSPS) is 10.3. The van der Waals surface area contributed by atoms with Gasteiger partial charge < -0.3 is 37.7 Å². The van der Waals surface area contributed by atoms with Crippen molar-refractivity contribution in [3.05, 3.63) is 33.2 Å². The van der Waals surface area contributed by atoms with Gasteiger partial charge in [-0.1, -0.05) is 0 Å². The molecule has 0 aliphatic rings. The Hall–Kier alpha value is -1.82. The Morgan fingerprint density at radius 2 is 1.03 bits per heavy atom. The molecule has 158 valence electrons. The van der Waals surface area contributed by atoms with Gasteiger partial charge in [-0.2, -0.15) is 0 Å². The van der Waals surface area contributed by atoms with Gasteiger partial charge >= 0.3 is 7.69 Å². The zero-order valence-electron chi connectivity index (χ0n) is 16.5. The molecule has 0 aliphatic carbocycles. The molecule has 0 fully saturated rings. The van der Waals surface area contributed by atoms with Crippen LogP contribution in [-0.4, -0.2) is 49.7 Å². The van der Waals surface area contributed by atoms with Gasteiger partial charge in [-0.3, -0.25) is 0 Å². The van der Waals surface area contributed by atoms with Crippen LogP contribution < -0.4 is 28.3 Å². The summed E-state index contributed by atoms with van der Waals surface area (Å²) in [6, 6.07) is 6.82. The van der Waals surface area contributed by atoms with Gasteiger partial charge in [0.2, 0.25) is 0 Å². The quantitative estimate of drug-likeness (QED) is 0.299. The van der Waals surface area contributed by atoms with E-state index in [0.29, 0.717) is 43.4 Å². The highest BCUT2D eigenvalue weighted by Crippen LogP contribution is 2.39. The molecular formula is C18H21BBr2O8. The highest BCUT2D eigenvalue weighted by atomic mass is 79.9. The lowest BCUT2D eigenvalue weighted by Crippen LogP contribution is -2.13. The number of hydrogen-bond donors (Lipinski definition) is 0. The third kappa shape index (κ3) is 6.60. The zero-order valence-corrected chi connectivity index (χ0v) is 19.6. The van der Waals surface area contributed by atoms with Crippen LogP contribution in [0.15, 0.2) is 33.2 Å². The van der Waals surface area contributed by atoms with Crippen molar-refractivity contribution in [3.63, 3.8) is 0 Å². The molecule has 11 heteroatoms. The minimum absolute atomic E-state index is 0.0580. The van der Waals surface area contributed by atoms with Crippen molar-refractivity contribution < 1.29 is 37.7 Å². The Balaban J connectivity index is 2.16. The molecule has 29 heavy (non-hydrogen) atoms. The zero-order chi connectivity index (χ0) is 21.2. The summed E-state index contributed by atoms with van der Waals surface area (Å²) >= 11 is 6.85. The van der Waals surface area contributed by atoms with Crippen molar-refractivity contribution in [2.24, 2.45) is 0 Å². The van der Waals surface area contributed by atoms with Gasteiger partial charge in [-0.05, 0) is 31.9 Å². The number of methoxy groups -OCH3 is 4. The van der Waals surface area contributed by atoms with Gasteiger partial charge in [-0.25, -0.2) is 0 Å². The summed E-state index contributed by atoms with van der Waals surface area (Å²) in [5.41, 5.74) is 0. The Labute approximate surface area is 186 Å². The summed E-state index contributed by atoms with van der Waals surface area (Å²) in [6.07, 6.45) is 0. The maximum atomic E-state index is 5.75. The van der Waals surface area contributed by atoms with Gasteiger partial charge in [-0.15, -0.1) is 0 Å². The van der Waals surface area contributed by atoms with E-state index >= 15 is 0 Å². The van der Waals surface area contributed by atoms with Crippen LogP contribution in [0.1, 0.15) is 0 Å². The number of hydrogen-bond acceptors (Lipinski definition) is 8. The standard InChI is InChI=1S/C18H21BBr2O8/c1-22-9-26-15-7-13(24-3)11(20)5-17(15)28-19-29-18-6-12(21)14(25-4)8-16(18)27-10-23-2/h5-8,19H,9-10H2,1-4H3. The van der Waals surface area contributed by atoms with Crippen LogP contribution in [-0.2, 0) is 9.47 Å². The third-order valence-corrected chi connectivity index (χ3v) is 4.77. The predicted octanol–water partition coefficient (Wildman–Crippen LogP) is 3.92. The Bertz CT molecular complexity index is 740. The first-order valence-electron chi connectivity index (χ1n) is 8.28. The van der Waals surface area contributed by atoms with Crippen molar-refractivity contribution >= 4 is 39.5 Å². The fourth-order valence-corrected chi connectivity index (χ4v) is 3.17. The predicted molar refractivity (Wildman–Crippen MR) is 115 cm³/mol. The second-order valence-electron chi connectivity index (χ2n) is 5.38. The van der Waals surface area contributed by atoms with Crippen LogP contribution in [0.2, 0.25) is 0 Å². The van der Waals surface area contributed by atoms with Crippen LogP contribution >= 0.6 is 31.9 Å². The molecule has 0 amide bonds. The lowest BCUT2D eigenvalue weighted by Gasteiger charge is -2.17. The van der Waals surface area contributed by atoms with Gasteiger partial charge in [0.05, 0.1) is 23.2 Å². The molecule has 2 aromatic carbocycles. The van der Waals surface area contributed by atoms with E-state index in [9.17, 15) is 0 Å². The average molecular weight is 536 g/mol. The second kappa shape index (κ2) is 12.0. The average Bonchev–Trinajstić information content (AvgIpc) is 2.72. The van der Waals surface area contributed by atoms with Crippen molar-refractivity contribution in [2.75, 3.05) is 42.0 Å². The smallest absolute Gasteiger partial charge is 0.526 e. The van der Waals surface area contributed by atoms with E-state index in [1.54, 1.807) is 38.5 Å². The third-order valence-electron chi connectivity index (χ3n) is 3.53. The highest BCUT2D eigenvalue weighted by Gasteiger charge is 2.16. The molecule has 0 aromatic heterocycles. The van der Waals surface area contributed by atoms with E-state index in [2.05, 4.69) is 31.9 Å². The van der Waals surface area contributed by atoms with E-state index < -0.39 is 0 Å². The Morgan fingerprint density at radius 3 is 1.38 bits per heavy atom. The SMILES string of the molecule is COCOc1cc(OC)c(Br)cc1OBOc1cc(Br)c(OC)cc1OCOC. The molecule has 0 saturated heterocycles. The molecule has 0 unspecified atom stereocenters. The summed E-state index contributed by atoms with van der Waals surface area (Å²) in [6.45, 7) is 0.116. The number of ether oxygens (including phenoxy) is 6. The Morgan fingerprint density at radius 1 is 0.621 bits per heavy atom. The molecule has 0 radical (unpaired) electrons. The molecule has 0 bridgehead atoms. The van der Waals surface area contributed by atoms with Crippen LogP contribution in [0.3, 0.4) is 0 Å². The highest BCUT2D eigenvalue weighted by molar-refractivity contribution is 9.10. The molecule has 0 N–H and O–H groups in total. The van der Waals surface area contributed by atoms with Crippen molar-refractivity contribution in [2.45, 2.75) is 0 Å². The summed E-state index contributed by atoms with van der Waals surface area (Å²) in [7, 11) is 6.08. The topological polar surface area (TPSA) is 73.8 Å². The summed E-state index contributed by atoms with van der Waals surface area (Å²) in [5, 5.41) is 0. The maximum absolute atomic E-state index is 5.75. The number of rotatable bonds is 12. The van der Waals surface area contributed by atoms with Crippen LogP contribution in [0.4, 0.5) is 0 Å². The molecule has 0 aliphatic heterocycles. The summed E-state index contributed by atoms with van der Waals surface area (Å²) in [5.74, 6) is 2.98. The van der Waals surface area contributed by atoms with Crippen molar-refractivity contribution in [3.8, 4) is 34.5 Å². The first-order chi connectivity index (χ1) is 14.0. The molecule has 8 nitrogen and oxygen atoms in total. The minimum atomic E-state index is -0.107. The fraction of sp³-hybridized carbons (Fsp3) is 0.333. The second-order valence-corrected chi connectivity index (χ2v) is 7.08. The van der Waals surface area contributed by atoms with Crippen molar-refractivity contribution in [1.82, 2.24) is 0 Å². The largest absolute Gasteiger partial charge is 0.576 e. The van der Waals surface area contributed by atoms with E-state index in [1.807, 2.05) is 0 Å². The molecule has 0 atom stereocenters. The van der Waals surface area contributed by atoms with Crippen molar-refractivity contribution in [1.29, 1.82) is 0 Å². The van der Waals surface area contributed by atoms with Gasteiger partial charge in [0.25, 0.3) is 0 Å². The molecule has 2 aromatic rings. The summed E-state index contributed by atoms with van der Waals surface area (Å²) in [4.78, 5) is 0. The van der Waals surface area contributed by atoms with E-state index in [1.165, 1.54) is 14.2 Å². The van der Waals surface area contributed by atoms with E-state index in [0.717, 1.165) is 0 Å². The molecule has 0 spiro atoms. The maximum Gasteiger partial charge on any atom is 0.576 e. The van der Waals surface area contributed by atoms with E-state index in [4.69, 9.17) is 37.7 Å². The van der Waals surface area contributed by atoms with Crippen LogP contribution in [0.5, 0.6) is 34.5 Å². The van der Waals surface area contributed by atoms with Gasteiger partial charge in [0.15, 0.2) is 25.1 Å². The van der Waals surface area contributed by atoms with Crippen LogP contribution in [0.25, 0.3) is 0 Å². The monoisotopic (exact) mass is 534 g/mol. The molecule has 0 saturated carbocycles. The fourth-order valence-electron chi connectivity index (χ4n) is 2.20. The lowest BCUT2D eigenvalue weighted by molar-refractivity contribution is 0.0492. The minimum Gasteiger partial charge on any atom is -0.526 e. The first kappa shape index (κ1) is 23.5. The van der Waals surface area contributed by atoms with Gasteiger partial charge in [0, 0.05) is 38.5 Å². The molecule has 2 rings (SSSR count). The Kier molecular flexibility index (Phi) is 9.72. The number of benzene rings is 2. The first-order valence-corrected chi connectivity index (χ1v) is 9.86. The molecular weight excluding hydrogens is 515 g/mol. The van der Waals surface area contributed by atoms with Gasteiger partial charge in [0.1, 0.15) is 23.0 Å². The lowest BCUT2D eigenvalue weighted by atomic mass is 10.2. The van der Waals surface area contributed by atoms with E-state index in [-0.39, 0.29) is 21.3 Å². The molecule has 0 heterocycles. The van der Waals surface area contributed by atoms with Crippen LogP contribution in [0, 0.1) is 0 Å².